The average molecular weight is 247 g/mol. The van der Waals surface area contributed by atoms with Crippen LogP contribution >= 0.6 is 22.9 Å². The van der Waals surface area contributed by atoms with Gasteiger partial charge in [-0.15, -0.1) is 11.3 Å². The molecule has 84 valence electrons. The van der Waals surface area contributed by atoms with Crippen molar-refractivity contribution >= 4 is 33.8 Å². The van der Waals surface area contributed by atoms with E-state index in [1.807, 2.05) is 19.9 Å². The van der Waals surface area contributed by atoms with Crippen LogP contribution in [0.25, 0.3) is 0 Å². The van der Waals surface area contributed by atoms with Crippen LogP contribution in [0.2, 0.25) is 4.34 Å². The number of amides is 1. The quantitative estimate of drug-likeness (QED) is 0.891. The van der Waals surface area contributed by atoms with Crippen LogP contribution in [0.5, 0.6) is 0 Å². The van der Waals surface area contributed by atoms with Gasteiger partial charge in [0, 0.05) is 19.0 Å². The molecule has 1 amide bonds. The van der Waals surface area contributed by atoms with Gasteiger partial charge in [0.15, 0.2) is 0 Å². The molecule has 0 saturated carbocycles. The summed E-state index contributed by atoms with van der Waals surface area (Å²) in [6, 6.07) is 3.60. The maximum absolute atomic E-state index is 11.8. The third-order valence-corrected chi connectivity index (χ3v) is 3.18. The van der Waals surface area contributed by atoms with Crippen LogP contribution in [-0.4, -0.2) is 18.5 Å². The van der Waals surface area contributed by atoms with Crippen LogP contribution in [0.3, 0.4) is 0 Å². The topological polar surface area (TPSA) is 46.3 Å². The van der Waals surface area contributed by atoms with Gasteiger partial charge in [-0.1, -0.05) is 11.6 Å². The summed E-state index contributed by atoms with van der Waals surface area (Å²) in [5, 5.41) is 0.842. The van der Waals surface area contributed by atoms with E-state index in [2.05, 4.69) is 0 Å². The summed E-state index contributed by atoms with van der Waals surface area (Å²) in [4.78, 5) is 13.4. The van der Waals surface area contributed by atoms with Crippen molar-refractivity contribution in [3.05, 3.63) is 16.5 Å². The Hall–Kier alpha value is -0.580. The number of rotatable bonds is 3. The van der Waals surface area contributed by atoms with Gasteiger partial charge in [0.05, 0.1) is 9.34 Å². The summed E-state index contributed by atoms with van der Waals surface area (Å²) in [7, 11) is 1.73. The molecule has 0 saturated heterocycles. The largest absolute Gasteiger partial charge is 0.325 e. The van der Waals surface area contributed by atoms with Gasteiger partial charge < -0.3 is 10.6 Å². The second kappa shape index (κ2) is 4.51. The molecule has 15 heavy (non-hydrogen) atoms. The van der Waals surface area contributed by atoms with Crippen molar-refractivity contribution in [3.8, 4) is 0 Å². The fourth-order valence-electron chi connectivity index (χ4n) is 1.12. The molecule has 0 fully saturated rings. The van der Waals surface area contributed by atoms with E-state index in [-0.39, 0.29) is 5.91 Å². The average Bonchev–Trinajstić information content (AvgIpc) is 2.47. The first-order chi connectivity index (χ1) is 6.79. The molecule has 1 rings (SSSR count). The molecule has 0 unspecified atom stereocenters. The van der Waals surface area contributed by atoms with Crippen LogP contribution in [-0.2, 0) is 4.79 Å². The predicted molar refractivity (Wildman–Crippen MR) is 65.6 cm³/mol. The molecule has 0 aliphatic heterocycles. The predicted octanol–water partition coefficient (Wildman–Crippen LogP) is 2.49. The lowest BCUT2D eigenvalue weighted by Gasteiger charge is -2.22. The lowest BCUT2D eigenvalue weighted by atomic mass is 10.0. The van der Waals surface area contributed by atoms with Gasteiger partial charge >= 0.3 is 0 Å². The third kappa shape index (κ3) is 3.81. The number of carbonyl (C=O) groups is 1. The van der Waals surface area contributed by atoms with Gasteiger partial charge in [-0.05, 0) is 26.0 Å². The molecule has 1 aromatic heterocycles. The summed E-state index contributed by atoms with van der Waals surface area (Å²) in [6.45, 7) is 3.67. The van der Waals surface area contributed by atoms with Crippen LogP contribution in [0, 0.1) is 0 Å². The summed E-state index contributed by atoms with van der Waals surface area (Å²) < 4.78 is 0.677. The molecular formula is C10H15ClN2OS. The van der Waals surface area contributed by atoms with E-state index in [4.69, 9.17) is 17.3 Å². The van der Waals surface area contributed by atoms with Crippen molar-refractivity contribution in [2.75, 3.05) is 11.9 Å². The highest BCUT2D eigenvalue weighted by Crippen LogP contribution is 2.29. The van der Waals surface area contributed by atoms with E-state index in [1.165, 1.54) is 11.3 Å². The van der Waals surface area contributed by atoms with E-state index >= 15 is 0 Å². The van der Waals surface area contributed by atoms with Crippen LogP contribution in [0.15, 0.2) is 12.1 Å². The smallest absolute Gasteiger partial charge is 0.229 e. The van der Waals surface area contributed by atoms with Crippen LogP contribution in [0.4, 0.5) is 5.00 Å². The number of hydrogen-bond donors (Lipinski definition) is 1. The highest BCUT2D eigenvalue weighted by atomic mass is 35.5. The number of halogens is 1. The Morgan fingerprint density at radius 1 is 1.60 bits per heavy atom. The Bertz CT molecular complexity index is 357. The highest BCUT2D eigenvalue weighted by Gasteiger charge is 2.20. The number of thiophene rings is 1. The molecule has 0 aliphatic rings. The number of nitrogens with two attached hydrogens (primary N) is 1. The Kier molecular flexibility index (Phi) is 3.76. The molecule has 2 N–H and O–H groups in total. The molecule has 0 aliphatic carbocycles. The SMILES string of the molecule is CN(C(=O)CC(C)(C)N)c1ccc(Cl)s1. The molecule has 5 heteroatoms. The molecule has 1 heterocycles. The number of nitrogens with zero attached hydrogens (tertiary/aromatic N) is 1. The van der Waals surface area contributed by atoms with Crippen LogP contribution in [0.1, 0.15) is 20.3 Å². The summed E-state index contributed by atoms with van der Waals surface area (Å²) in [5.74, 6) is 0.000941. The van der Waals surface area contributed by atoms with Crippen molar-refractivity contribution < 1.29 is 4.79 Å². The first-order valence-electron chi connectivity index (χ1n) is 4.60. The van der Waals surface area contributed by atoms with E-state index < -0.39 is 5.54 Å². The Morgan fingerprint density at radius 3 is 2.60 bits per heavy atom. The van der Waals surface area contributed by atoms with E-state index in [1.54, 1.807) is 18.0 Å². The molecule has 0 bridgehead atoms. The minimum absolute atomic E-state index is 0.000941. The lowest BCUT2D eigenvalue weighted by molar-refractivity contribution is -0.119. The number of anilines is 1. The second-order valence-electron chi connectivity index (χ2n) is 4.20. The molecule has 0 spiro atoms. The Morgan fingerprint density at radius 2 is 2.20 bits per heavy atom. The highest BCUT2D eigenvalue weighted by molar-refractivity contribution is 7.20. The Balaban J connectivity index is 2.69. The third-order valence-electron chi connectivity index (χ3n) is 1.87. The summed E-state index contributed by atoms with van der Waals surface area (Å²) in [5.41, 5.74) is 5.31. The maximum atomic E-state index is 11.8. The molecule has 0 atom stereocenters. The maximum Gasteiger partial charge on any atom is 0.229 e. The second-order valence-corrected chi connectivity index (χ2v) is 5.89. The molecular weight excluding hydrogens is 232 g/mol. The van der Waals surface area contributed by atoms with Gasteiger partial charge in [0.1, 0.15) is 0 Å². The number of hydrogen-bond acceptors (Lipinski definition) is 3. The van der Waals surface area contributed by atoms with Gasteiger partial charge in [-0.2, -0.15) is 0 Å². The zero-order chi connectivity index (χ0) is 11.6. The van der Waals surface area contributed by atoms with E-state index in [9.17, 15) is 4.79 Å². The fourth-order valence-corrected chi connectivity index (χ4v) is 2.13. The fraction of sp³-hybridized carbons (Fsp3) is 0.500. The van der Waals surface area contributed by atoms with Crippen molar-refractivity contribution in [1.29, 1.82) is 0 Å². The van der Waals surface area contributed by atoms with Crippen molar-refractivity contribution in [3.63, 3.8) is 0 Å². The molecule has 0 radical (unpaired) electrons. The van der Waals surface area contributed by atoms with Gasteiger partial charge in [-0.3, -0.25) is 4.79 Å². The van der Waals surface area contributed by atoms with Crippen molar-refractivity contribution in [2.24, 2.45) is 5.73 Å². The molecule has 0 aromatic carbocycles. The van der Waals surface area contributed by atoms with Gasteiger partial charge in [0.2, 0.25) is 5.91 Å². The van der Waals surface area contributed by atoms with Gasteiger partial charge in [0.25, 0.3) is 0 Å². The zero-order valence-corrected chi connectivity index (χ0v) is 10.7. The zero-order valence-electron chi connectivity index (χ0n) is 9.08. The number of carbonyl (C=O) groups excluding carboxylic acids is 1. The van der Waals surface area contributed by atoms with Crippen molar-refractivity contribution in [1.82, 2.24) is 0 Å². The molecule has 3 nitrogen and oxygen atoms in total. The summed E-state index contributed by atoms with van der Waals surface area (Å²) >= 11 is 7.18. The first-order valence-corrected chi connectivity index (χ1v) is 5.80. The van der Waals surface area contributed by atoms with E-state index in [0.717, 1.165) is 5.00 Å². The first kappa shape index (κ1) is 12.5. The molecule has 1 aromatic rings. The minimum Gasteiger partial charge on any atom is -0.325 e. The monoisotopic (exact) mass is 246 g/mol. The normalized spacial score (nSPS) is 11.5. The Labute approximate surface area is 98.8 Å². The lowest BCUT2D eigenvalue weighted by Crippen LogP contribution is -2.39. The minimum atomic E-state index is -0.480. The van der Waals surface area contributed by atoms with Crippen molar-refractivity contribution in [2.45, 2.75) is 25.8 Å². The summed E-state index contributed by atoms with van der Waals surface area (Å²) in [6.07, 6.45) is 0.318. The van der Waals surface area contributed by atoms with Crippen LogP contribution < -0.4 is 10.6 Å². The standard InChI is InChI=1S/C10H15ClN2OS/c1-10(2,12)6-8(14)13(3)9-5-4-7(11)15-9/h4-5H,6,12H2,1-3H3. The van der Waals surface area contributed by atoms with E-state index in [0.29, 0.717) is 10.8 Å². The van der Waals surface area contributed by atoms with Gasteiger partial charge in [-0.25, -0.2) is 0 Å².